The smallest absolute Gasteiger partial charge is 0.167 e. The molecule has 2 nitrogen and oxygen atoms in total. The lowest BCUT2D eigenvalue weighted by atomic mass is 9.94. The van der Waals surface area contributed by atoms with Crippen molar-refractivity contribution in [3.63, 3.8) is 0 Å². The van der Waals surface area contributed by atoms with Gasteiger partial charge in [-0.05, 0) is 25.0 Å². The first kappa shape index (κ1) is 11.2. The normalized spacial score (nSPS) is 19.9. The molecule has 0 unspecified atom stereocenters. The van der Waals surface area contributed by atoms with E-state index in [1.165, 1.54) is 0 Å². The van der Waals surface area contributed by atoms with Crippen LogP contribution in [0.4, 0.5) is 0 Å². The maximum absolute atomic E-state index is 12.1. The average Bonchev–Trinajstić information content (AvgIpc) is 2.40. The van der Waals surface area contributed by atoms with Gasteiger partial charge in [-0.25, -0.2) is 0 Å². The van der Waals surface area contributed by atoms with E-state index in [2.05, 4.69) is 6.92 Å². The fourth-order valence-corrected chi connectivity index (χ4v) is 2.34. The number of ether oxygens (including phenoxy) is 1. The molecule has 2 rings (SSSR count). The monoisotopic (exact) mass is 218 g/mol. The molecule has 1 aromatic rings. The lowest BCUT2D eigenvalue weighted by Crippen LogP contribution is -2.12. The summed E-state index contributed by atoms with van der Waals surface area (Å²) in [5.41, 5.74) is 1.82. The number of aryl methyl sites for hydroxylation is 1. The molecule has 2 heteroatoms. The van der Waals surface area contributed by atoms with Gasteiger partial charge in [-0.15, -0.1) is 0 Å². The summed E-state index contributed by atoms with van der Waals surface area (Å²) in [5.74, 6) is 1.39. The Morgan fingerprint density at radius 1 is 1.44 bits per heavy atom. The van der Waals surface area contributed by atoms with E-state index < -0.39 is 0 Å². The highest BCUT2D eigenvalue weighted by Gasteiger charge is 2.24. The highest BCUT2D eigenvalue weighted by atomic mass is 16.5. The number of carbonyl (C=O) groups excluding carboxylic acids is 1. The number of fused-ring (bicyclic) bond motifs is 1. The van der Waals surface area contributed by atoms with Gasteiger partial charge in [-0.3, -0.25) is 4.79 Å². The molecule has 1 aliphatic rings. The van der Waals surface area contributed by atoms with Crippen molar-refractivity contribution in [1.82, 2.24) is 0 Å². The lowest BCUT2D eigenvalue weighted by Gasteiger charge is -2.11. The van der Waals surface area contributed by atoms with Gasteiger partial charge < -0.3 is 4.74 Å². The Hall–Kier alpha value is -1.31. The Morgan fingerprint density at radius 2 is 2.25 bits per heavy atom. The second-order valence-electron chi connectivity index (χ2n) is 4.54. The summed E-state index contributed by atoms with van der Waals surface area (Å²) in [4.78, 5) is 12.1. The van der Waals surface area contributed by atoms with Crippen LogP contribution >= 0.6 is 0 Å². The molecule has 0 N–H and O–H groups in total. The van der Waals surface area contributed by atoms with Gasteiger partial charge in [-0.1, -0.05) is 25.5 Å². The highest BCUT2D eigenvalue weighted by Crippen LogP contribution is 2.29. The third-order valence-electron chi connectivity index (χ3n) is 3.16. The first-order valence-corrected chi connectivity index (χ1v) is 5.98. The van der Waals surface area contributed by atoms with Crippen molar-refractivity contribution in [2.45, 2.75) is 33.1 Å². The summed E-state index contributed by atoms with van der Waals surface area (Å²) in [7, 11) is 0. The van der Waals surface area contributed by atoms with Crippen molar-refractivity contribution in [3.8, 4) is 5.75 Å². The molecule has 86 valence electrons. The topological polar surface area (TPSA) is 26.3 Å². The first-order chi connectivity index (χ1) is 7.72. The zero-order valence-electron chi connectivity index (χ0n) is 9.95. The predicted octanol–water partition coefficient (Wildman–Crippen LogP) is 3.38. The van der Waals surface area contributed by atoms with E-state index in [4.69, 9.17) is 4.74 Å². The van der Waals surface area contributed by atoms with Gasteiger partial charge in [0, 0.05) is 12.3 Å². The Balaban J connectivity index is 2.29. The molecule has 0 aliphatic carbocycles. The molecular weight excluding hydrogens is 200 g/mol. The van der Waals surface area contributed by atoms with Gasteiger partial charge in [0.1, 0.15) is 5.75 Å². The third-order valence-corrected chi connectivity index (χ3v) is 3.16. The van der Waals surface area contributed by atoms with Gasteiger partial charge >= 0.3 is 0 Å². The number of hydrogen-bond acceptors (Lipinski definition) is 2. The van der Waals surface area contributed by atoms with Crippen molar-refractivity contribution < 1.29 is 9.53 Å². The fourth-order valence-electron chi connectivity index (χ4n) is 2.34. The Kier molecular flexibility index (Phi) is 3.28. The minimum Gasteiger partial charge on any atom is -0.493 e. The van der Waals surface area contributed by atoms with Crippen LogP contribution in [0.15, 0.2) is 18.2 Å². The van der Waals surface area contributed by atoms with Crippen LogP contribution in [0.25, 0.3) is 0 Å². The highest BCUT2D eigenvalue weighted by molar-refractivity contribution is 6.00. The molecule has 0 saturated carbocycles. The van der Waals surface area contributed by atoms with Crippen LogP contribution in [-0.4, -0.2) is 12.4 Å². The summed E-state index contributed by atoms with van der Waals surface area (Å²) < 4.78 is 5.74. The molecule has 0 spiro atoms. The van der Waals surface area contributed by atoms with Crippen LogP contribution in [0.1, 0.15) is 42.1 Å². The van der Waals surface area contributed by atoms with Gasteiger partial charge in [0.05, 0.1) is 12.2 Å². The Labute approximate surface area is 96.6 Å². The largest absolute Gasteiger partial charge is 0.493 e. The summed E-state index contributed by atoms with van der Waals surface area (Å²) in [6.45, 7) is 4.80. The summed E-state index contributed by atoms with van der Waals surface area (Å²) in [6.07, 6.45) is 2.81. The number of carbonyl (C=O) groups is 1. The Morgan fingerprint density at radius 3 is 3.00 bits per heavy atom. The van der Waals surface area contributed by atoms with Crippen LogP contribution in [0.3, 0.4) is 0 Å². The van der Waals surface area contributed by atoms with Gasteiger partial charge in [0.15, 0.2) is 5.78 Å². The molecule has 0 radical (unpaired) electrons. The molecule has 0 aromatic heterocycles. The first-order valence-electron chi connectivity index (χ1n) is 5.98. The molecule has 0 saturated heterocycles. The second kappa shape index (κ2) is 4.69. The standard InChI is InChI=1S/C14H18O2/c1-3-5-11-8-12(15)14-10(2)6-4-7-13(14)16-9-11/h4,6-7,11H,3,5,8-9H2,1-2H3/t11-/m1/s1. The minimum atomic E-state index is 0.240. The van der Waals surface area contributed by atoms with Crippen molar-refractivity contribution in [3.05, 3.63) is 29.3 Å². The minimum absolute atomic E-state index is 0.240. The van der Waals surface area contributed by atoms with E-state index in [0.717, 1.165) is 29.7 Å². The average molecular weight is 218 g/mol. The zero-order chi connectivity index (χ0) is 11.5. The second-order valence-corrected chi connectivity index (χ2v) is 4.54. The van der Waals surface area contributed by atoms with E-state index in [1.54, 1.807) is 0 Å². The summed E-state index contributed by atoms with van der Waals surface area (Å²) in [5, 5.41) is 0. The molecule has 1 aromatic carbocycles. The summed E-state index contributed by atoms with van der Waals surface area (Å²) >= 11 is 0. The van der Waals surface area contributed by atoms with E-state index in [9.17, 15) is 4.79 Å². The van der Waals surface area contributed by atoms with Gasteiger partial charge in [0.2, 0.25) is 0 Å². The molecule has 0 amide bonds. The number of Topliss-reactive ketones (excluding diaryl/α,β-unsaturated/α-hetero) is 1. The van der Waals surface area contributed by atoms with Crippen LogP contribution < -0.4 is 4.74 Å². The molecule has 16 heavy (non-hydrogen) atoms. The number of benzene rings is 1. The van der Waals surface area contributed by atoms with Gasteiger partial charge in [-0.2, -0.15) is 0 Å². The van der Waals surface area contributed by atoms with E-state index in [-0.39, 0.29) is 5.78 Å². The molecule has 0 fully saturated rings. The van der Waals surface area contributed by atoms with Crippen molar-refractivity contribution in [2.24, 2.45) is 5.92 Å². The van der Waals surface area contributed by atoms with Crippen molar-refractivity contribution in [1.29, 1.82) is 0 Å². The van der Waals surface area contributed by atoms with Crippen molar-refractivity contribution >= 4 is 5.78 Å². The number of hydrogen-bond donors (Lipinski definition) is 0. The SMILES string of the molecule is CCC[C@H]1COc2cccc(C)c2C(=O)C1. The van der Waals surface area contributed by atoms with Crippen LogP contribution in [0, 0.1) is 12.8 Å². The lowest BCUT2D eigenvalue weighted by molar-refractivity contribution is 0.0958. The maximum Gasteiger partial charge on any atom is 0.167 e. The quantitative estimate of drug-likeness (QED) is 0.760. The molecule has 1 heterocycles. The molecular formula is C14H18O2. The van der Waals surface area contributed by atoms with E-state index in [0.29, 0.717) is 18.9 Å². The fraction of sp³-hybridized carbons (Fsp3) is 0.500. The van der Waals surface area contributed by atoms with Crippen LogP contribution in [-0.2, 0) is 0 Å². The number of rotatable bonds is 2. The summed E-state index contributed by atoms with van der Waals surface area (Å²) in [6, 6.07) is 5.82. The van der Waals surface area contributed by atoms with Crippen LogP contribution in [0.5, 0.6) is 5.75 Å². The predicted molar refractivity (Wildman–Crippen MR) is 64.0 cm³/mol. The maximum atomic E-state index is 12.1. The van der Waals surface area contributed by atoms with E-state index >= 15 is 0 Å². The van der Waals surface area contributed by atoms with E-state index in [1.807, 2.05) is 25.1 Å². The van der Waals surface area contributed by atoms with Crippen molar-refractivity contribution in [2.75, 3.05) is 6.61 Å². The molecule has 1 atom stereocenters. The van der Waals surface area contributed by atoms with Crippen LogP contribution in [0.2, 0.25) is 0 Å². The molecule has 1 aliphatic heterocycles. The third kappa shape index (κ3) is 2.11. The Bertz CT molecular complexity index is 396. The molecule has 0 bridgehead atoms. The zero-order valence-corrected chi connectivity index (χ0v) is 9.95. The van der Waals surface area contributed by atoms with Gasteiger partial charge in [0.25, 0.3) is 0 Å². The number of ketones is 1.